The molecule has 0 aromatic heterocycles. The molecular formula is C11H19NOS. The van der Waals surface area contributed by atoms with E-state index in [9.17, 15) is 0 Å². The maximum Gasteiger partial charge on any atom is 0.257 e. The molecule has 80 valence electrons. The number of thiocarbonyl (C=S) groups is 1. The summed E-state index contributed by atoms with van der Waals surface area (Å²) in [5.74, 6) is 0. The van der Waals surface area contributed by atoms with Gasteiger partial charge in [0.2, 0.25) is 0 Å². The highest BCUT2D eigenvalue weighted by atomic mass is 32.1. The Bertz CT molecular complexity index is 230. The third-order valence-corrected chi connectivity index (χ3v) is 2.14. The molecule has 1 aliphatic rings. The molecule has 0 heterocycles. The van der Waals surface area contributed by atoms with Gasteiger partial charge in [-0.3, -0.25) is 0 Å². The summed E-state index contributed by atoms with van der Waals surface area (Å²) in [4.78, 5) is 0. The average Bonchev–Trinajstić information content (AvgIpc) is 2.02. The van der Waals surface area contributed by atoms with Gasteiger partial charge in [-0.1, -0.05) is 6.08 Å². The number of allylic oxidation sites excluding steroid dienone is 1. The minimum Gasteiger partial charge on any atom is -0.464 e. The molecule has 3 heteroatoms. The number of ether oxygens (including phenoxy) is 1. The zero-order valence-corrected chi connectivity index (χ0v) is 9.99. The lowest BCUT2D eigenvalue weighted by atomic mass is 10.1. The molecule has 0 fully saturated rings. The summed E-state index contributed by atoms with van der Waals surface area (Å²) in [5, 5.41) is 3.65. The Hall–Kier alpha value is -0.570. The molecular weight excluding hydrogens is 194 g/mol. The highest BCUT2D eigenvalue weighted by Crippen LogP contribution is 2.14. The monoisotopic (exact) mass is 213 g/mol. The van der Waals surface area contributed by atoms with Crippen LogP contribution in [-0.4, -0.2) is 16.8 Å². The van der Waals surface area contributed by atoms with Crippen molar-refractivity contribution < 1.29 is 4.74 Å². The number of hydrogen-bond acceptors (Lipinski definition) is 2. The van der Waals surface area contributed by atoms with Gasteiger partial charge in [0.25, 0.3) is 5.17 Å². The average molecular weight is 213 g/mol. The van der Waals surface area contributed by atoms with Crippen molar-refractivity contribution in [2.75, 3.05) is 0 Å². The molecule has 1 N–H and O–H groups in total. The zero-order valence-electron chi connectivity index (χ0n) is 9.17. The number of hydrogen-bond donors (Lipinski definition) is 1. The number of rotatable bonds is 1. The summed E-state index contributed by atoms with van der Waals surface area (Å²) in [6, 6.07) is 0. The van der Waals surface area contributed by atoms with Gasteiger partial charge in [-0.05, 0) is 58.3 Å². The van der Waals surface area contributed by atoms with E-state index in [1.807, 2.05) is 0 Å². The van der Waals surface area contributed by atoms with Crippen LogP contribution in [0.5, 0.6) is 0 Å². The van der Waals surface area contributed by atoms with Crippen molar-refractivity contribution in [2.45, 2.75) is 51.7 Å². The summed E-state index contributed by atoms with van der Waals surface area (Å²) < 4.78 is 5.60. The first kappa shape index (κ1) is 11.5. The first-order valence-electron chi connectivity index (χ1n) is 5.13. The predicted molar refractivity (Wildman–Crippen MR) is 63.4 cm³/mol. The van der Waals surface area contributed by atoms with Crippen LogP contribution >= 0.6 is 12.2 Å². The van der Waals surface area contributed by atoms with Crippen molar-refractivity contribution >= 4 is 17.4 Å². The van der Waals surface area contributed by atoms with Crippen molar-refractivity contribution in [3.8, 4) is 0 Å². The Morgan fingerprint density at radius 1 is 1.50 bits per heavy atom. The van der Waals surface area contributed by atoms with E-state index in [-0.39, 0.29) is 11.6 Å². The quantitative estimate of drug-likeness (QED) is 0.534. The summed E-state index contributed by atoms with van der Waals surface area (Å²) >= 11 is 5.12. The summed E-state index contributed by atoms with van der Waals surface area (Å²) in [5.41, 5.74) is -0.0184. The molecule has 0 saturated heterocycles. The topological polar surface area (TPSA) is 21.3 Å². The molecule has 0 aromatic rings. The second-order valence-corrected chi connectivity index (χ2v) is 5.05. The third kappa shape index (κ3) is 4.61. The van der Waals surface area contributed by atoms with Gasteiger partial charge in [0.15, 0.2) is 0 Å². The van der Waals surface area contributed by atoms with Gasteiger partial charge in [0, 0.05) is 5.54 Å². The molecule has 0 amide bonds. The molecule has 0 aromatic carbocycles. The van der Waals surface area contributed by atoms with Crippen LogP contribution in [0.1, 0.15) is 40.0 Å². The first-order valence-corrected chi connectivity index (χ1v) is 5.54. The highest BCUT2D eigenvalue weighted by Gasteiger charge is 2.15. The Morgan fingerprint density at radius 3 is 2.71 bits per heavy atom. The Labute approximate surface area is 91.7 Å². The van der Waals surface area contributed by atoms with Crippen molar-refractivity contribution in [3.05, 3.63) is 12.2 Å². The van der Waals surface area contributed by atoms with Gasteiger partial charge in [-0.15, -0.1) is 0 Å². The van der Waals surface area contributed by atoms with Crippen LogP contribution in [0.15, 0.2) is 12.2 Å². The van der Waals surface area contributed by atoms with Crippen LogP contribution in [-0.2, 0) is 4.74 Å². The summed E-state index contributed by atoms with van der Waals surface area (Å²) in [7, 11) is 0. The Morgan fingerprint density at radius 2 is 2.21 bits per heavy atom. The first-order chi connectivity index (χ1) is 6.47. The van der Waals surface area contributed by atoms with E-state index in [0.29, 0.717) is 5.17 Å². The maximum atomic E-state index is 5.60. The summed E-state index contributed by atoms with van der Waals surface area (Å²) in [6.45, 7) is 6.21. The minimum absolute atomic E-state index is 0.0184. The van der Waals surface area contributed by atoms with E-state index < -0.39 is 0 Å². The second kappa shape index (κ2) is 4.78. The largest absolute Gasteiger partial charge is 0.464 e. The van der Waals surface area contributed by atoms with Crippen LogP contribution < -0.4 is 5.32 Å². The zero-order chi connectivity index (χ0) is 10.6. The minimum atomic E-state index is -0.0184. The molecule has 0 bridgehead atoms. The molecule has 0 spiro atoms. The van der Waals surface area contributed by atoms with Gasteiger partial charge in [0.05, 0.1) is 0 Å². The lowest BCUT2D eigenvalue weighted by Gasteiger charge is -2.25. The smallest absolute Gasteiger partial charge is 0.257 e. The molecule has 1 atom stereocenters. The SMILES string of the molecule is CC(C)(C)NC(=S)O[C@H]1C=CCCC1. The fourth-order valence-electron chi connectivity index (χ4n) is 1.35. The third-order valence-electron chi connectivity index (χ3n) is 1.95. The van der Waals surface area contributed by atoms with E-state index in [0.717, 1.165) is 6.42 Å². The molecule has 0 unspecified atom stereocenters. The lowest BCUT2D eigenvalue weighted by molar-refractivity contribution is 0.206. The van der Waals surface area contributed by atoms with Crippen molar-refractivity contribution in [1.82, 2.24) is 5.32 Å². The molecule has 0 radical (unpaired) electrons. The molecule has 1 rings (SSSR count). The highest BCUT2D eigenvalue weighted by molar-refractivity contribution is 7.80. The predicted octanol–water partition coefficient (Wildman–Crippen LogP) is 2.78. The standard InChI is InChI=1S/C11H19NOS/c1-11(2,3)12-10(14)13-9-7-5-4-6-8-9/h5,7,9H,4,6,8H2,1-3H3,(H,12,14)/t9-/m0/s1. The Kier molecular flexibility index (Phi) is 3.93. The van der Waals surface area contributed by atoms with Gasteiger partial charge in [-0.25, -0.2) is 0 Å². The van der Waals surface area contributed by atoms with Gasteiger partial charge in [-0.2, -0.15) is 0 Å². The molecule has 2 nitrogen and oxygen atoms in total. The van der Waals surface area contributed by atoms with E-state index in [4.69, 9.17) is 17.0 Å². The van der Waals surface area contributed by atoms with E-state index in [2.05, 4.69) is 38.2 Å². The van der Waals surface area contributed by atoms with Crippen molar-refractivity contribution in [1.29, 1.82) is 0 Å². The van der Waals surface area contributed by atoms with E-state index in [1.54, 1.807) is 0 Å². The van der Waals surface area contributed by atoms with E-state index in [1.165, 1.54) is 12.8 Å². The van der Waals surface area contributed by atoms with Crippen LogP contribution in [0, 0.1) is 0 Å². The van der Waals surface area contributed by atoms with Crippen LogP contribution in [0.2, 0.25) is 0 Å². The Balaban J connectivity index is 2.33. The molecule has 0 aliphatic heterocycles. The molecule has 14 heavy (non-hydrogen) atoms. The van der Waals surface area contributed by atoms with Crippen LogP contribution in [0.25, 0.3) is 0 Å². The van der Waals surface area contributed by atoms with Gasteiger partial charge >= 0.3 is 0 Å². The fourth-order valence-corrected chi connectivity index (χ4v) is 1.78. The molecule has 1 aliphatic carbocycles. The van der Waals surface area contributed by atoms with Crippen LogP contribution in [0.3, 0.4) is 0 Å². The van der Waals surface area contributed by atoms with Crippen molar-refractivity contribution in [3.63, 3.8) is 0 Å². The maximum absolute atomic E-state index is 5.60. The van der Waals surface area contributed by atoms with Crippen molar-refractivity contribution in [2.24, 2.45) is 0 Å². The van der Waals surface area contributed by atoms with E-state index >= 15 is 0 Å². The van der Waals surface area contributed by atoms with Crippen LogP contribution in [0.4, 0.5) is 0 Å². The lowest BCUT2D eigenvalue weighted by Crippen LogP contribution is -2.42. The second-order valence-electron chi connectivity index (χ2n) is 4.68. The van der Waals surface area contributed by atoms with Gasteiger partial charge < -0.3 is 10.1 Å². The van der Waals surface area contributed by atoms with Gasteiger partial charge in [0.1, 0.15) is 6.10 Å². The number of nitrogens with one attached hydrogen (secondary N) is 1. The normalized spacial score (nSPS) is 21.8. The summed E-state index contributed by atoms with van der Waals surface area (Å²) in [6.07, 6.45) is 7.86. The fraction of sp³-hybridized carbons (Fsp3) is 0.727. The molecule has 0 saturated carbocycles.